The minimum atomic E-state index is -3.57. The average molecular weight is 438 g/mol. The molecule has 1 aromatic rings. The van der Waals surface area contributed by atoms with Crippen LogP contribution in [0.4, 0.5) is 0 Å². The monoisotopic (exact) mass is 437 g/mol. The van der Waals surface area contributed by atoms with Crippen molar-refractivity contribution in [3.63, 3.8) is 0 Å². The number of hydrogen-bond acceptors (Lipinski definition) is 5. The fourth-order valence-electron chi connectivity index (χ4n) is 4.19. The Morgan fingerprint density at radius 1 is 1.13 bits per heavy atom. The number of aryl methyl sites for hydroxylation is 1. The van der Waals surface area contributed by atoms with E-state index in [0.717, 1.165) is 44.3 Å². The van der Waals surface area contributed by atoms with Gasteiger partial charge in [-0.15, -0.1) is 0 Å². The Labute approximate surface area is 180 Å². The molecule has 30 heavy (non-hydrogen) atoms. The zero-order valence-corrected chi connectivity index (χ0v) is 19.3. The molecule has 1 unspecified atom stereocenters. The Morgan fingerprint density at radius 2 is 1.80 bits per heavy atom. The third kappa shape index (κ3) is 5.04. The molecule has 1 N–H and O–H groups in total. The quantitative estimate of drug-likeness (QED) is 0.709. The molecule has 0 radical (unpaired) electrons. The van der Waals surface area contributed by atoms with E-state index in [9.17, 15) is 13.2 Å². The van der Waals surface area contributed by atoms with E-state index >= 15 is 0 Å². The molecule has 1 aromatic carbocycles. The molecule has 1 amide bonds. The fraction of sp³-hybridized carbons (Fsp3) is 0.682. The maximum absolute atomic E-state index is 13.0. The molecule has 168 valence electrons. The first-order valence-electron chi connectivity index (χ1n) is 11.0. The summed E-state index contributed by atoms with van der Waals surface area (Å²) in [7, 11) is -3.57. The number of rotatable bonds is 7. The third-order valence-electron chi connectivity index (χ3n) is 6.57. The van der Waals surface area contributed by atoms with Gasteiger partial charge in [0.15, 0.2) is 0 Å². The summed E-state index contributed by atoms with van der Waals surface area (Å²) in [5.74, 6) is -0.226. The predicted molar refractivity (Wildman–Crippen MR) is 117 cm³/mol. The molecule has 2 saturated heterocycles. The van der Waals surface area contributed by atoms with Gasteiger partial charge in [-0.1, -0.05) is 19.4 Å². The van der Waals surface area contributed by atoms with Crippen molar-refractivity contribution in [2.45, 2.75) is 56.9 Å². The lowest BCUT2D eigenvalue weighted by Gasteiger charge is -2.43. The first-order valence-corrected chi connectivity index (χ1v) is 12.4. The topological polar surface area (TPSA) is 79.0 Å². The van der Waals surface area contributed by atoms with Gasteiger partial charge in [0, 0.05) is 43.8 Å². The van der Waals surface area contributed by atoms with Crippen molar-refractivity contribution < 1.29 is 17.9 Å². The second-order valence-corrected chi connectivity index (χ2v) is 10.5. The number of hydrogen-bond donors (Lipinski definition) is 1. The molecule has 0 saturated carbocycles. The van der Waals surface area contributed by atoms with Crippen LogP contribution < -0.4 is 5.32 Å². The zero-order valence-electron chi connectivity index (χ0n) is 18.4. The lowest BCUT2D eigenvalue weighted by molar-refractivity contribution is -0.0169. The van der Waals surface area contributed by atoms with Crippen LogP contribution in [0.15, 0.2) is 23.1 Å². The molecule has 8 heteroatoms. The Balaban J connectivity index is 1.74. The van der Waals surface area contributed by atoms with Crippen LogP contribution in [-0.2, 0) is 14.8 Å². The summed E-state index contributed by atoms with van der Waals surface area (Å²) in [5.41, 5.74) is 1.04. The van der Waals surface area contributed by atoms with Crippen molar-refractivity contribution in [1.82, 2.24) is 14.5 Å². The van der Waals surface area contributed by atoms with Crippen molar-refractivity contribution in [3.05, 3.63) is 29.3 Å². The van der Waals surface area contributed by atoms with E-state index in [1.54, 1.807) is 12.1 Å². The number of amides is 1. The summed E-state index contributed by atoms with van der Waals surface area (Å²) < 4.78 is 33.0. The highest BCUT2D eigenvalue weighted by Crippen LogP contribution is 2.24. The van der Waals surface area contributed by atoms with Gasteiger partial charge in [0.25, 0.3) is 5.91 Å². The second-order valence-electron chi connectivity index (χ2n) is 8.57. The molecule has 0 aromatic heterocycles. The van der Waals surface area contributed by atoms with Gasteiger partial charge in [0.2, 0.25) is 10.0 Å². The SMILES string of the molecule is CCC(C)(CNC(=O)c1cc(S(=O)(=O)N2CCCCC2)ccc1C)N1CCOCC1. The van der Waals surface area contributed by atoms with Crippen molar-refractivity contribution in [3.8, 4) is 0 Å². The highest BCUT2D eigenvalue weighted by Gasteiger charge is 2.32. The summed E-state index contributed by atoms with van der Waals surface area (Å²) >= 11 is 0. The van der Waals surface area contributed by atoms with E-state index in [0.29, 0.717) is 38.4 Å². The number of carbonyl (C=O) groups excluding carboxylic acids is 1. The normalized spacial score (nSPS) is 21.2. The van der Waals surface area contributed by atoms with Crippen LogP contribution >= 0.6 is 0 Å². The summed E-state index contributed by atoms with van der Waals surface area (Å²) in [6.07, 6.45) is 3.73. The van der Waals surface area contributed by atoms with Crippen LogP contribution in [0.5, 0.6) is 0 Å². The minimum absolute atomic E-state index is 0.162. The highest BCUT2D eigenvalue weighted by molar-refractivity contribution is 7.89. The van der Waals surface area contributed by atoms with E-state index in [1.807, 2.05) is 6.92 Å². The maximum atomic E-state index is 13.0. The largest absolute Gasteiger partial charge is 0.379 e. The predicted octanol–water partition coefficient (Wildman–Crippen LogP) is 2.40. The number of morpholine rings is 1. The van der Waals surface area contributed by atoms with E-state index in [-0.39, 0.29) is 16.3 Å². The number of ether oxygens (including phenoxy) is 1. The Bertz CT molecular complexity index is 846. The lowest BCUT2D eigenvalue weighted by Crippen LogP contribution is -2.56. The van der Waals surface area contributed by atoms with Crippen LogP contribution in [0, 0.1) is 6.92 Å². The maximum Gasteiger partial charge on any atom is 0.251 e. The van der Waals surface area contributed by atoms with Gasteiger partial charge >= 0.3 is 0 Å². The van der Waals surface area contributed by atoms with Crippen LogP contribution in [0.2, 0.25) is 0 Å². The lowest BCUT2D eigenvalue weighted by atomic mass is 9.95. The molecule has 2 fully saturated rings. The number of nitrogens with zero attached hydrogens (tertiary/aromatic N) is 2. The number of nitrogens with one attached hydrogen (secondary N) is 1. The van der Waals surface area contributed by atoms with Crippen LogP contribution in [0.3, 0.4) is 0 Å². The van der Waals surface area contributed by atoms with Crippen LogP contribution in [0.25, 0.3) is 0 Å². The zero-order chi connectivity index (χ0) is 21.8. The molecule has 2 aliphatic rings. The van der Waals surface area contributed by atoms with E-state index < -0.39 is 10.0 Å². The van der Waals surface area contributed by atoms with Crippen molar-refractivity contribution in [2.75, 3.05) is 45.9 Å². The summed E-state index contributed by atoms with van der Waals surface area (Å²) in [6, 6.07) is 4.87. The fourth-order valence-corrected chi connectivity index (χ4v) is 5.73. The number of benzene rings is 1. The molecular formula is C22H35N3O4S. The second kappa shape index (κ2) is 9.77. The molecular weight excluding hydrogens is 402 g/mol. The first kappa shape index (κ1) is 23.2. The van der Waals surface area contributed by atoms with Crippen molar-refractivity contribution in [2.24, 2.45) is 0 Å². The van der Waals surface area contributed by atoms with E-state index in [1.165, 1.54) is 10.4 Å². The molecule has 0 bridgehead atoms. The number of sulfonamides is 1. The first-order chi connectivity index (χ1) is 14.3. The summed E-state index contributed by atoms with van der Waals surface area (Å²) in [4.78, 5) is 15.6. The Hall–Kier alpha value is -1.48. The number of carbonyl (C=O) groups is 1. The van der Waals surface area contributed by atoms with Gasteiger partial charge in [0.1, 0.15) is 0 Å². The van der Waals surface area contributed by atoms with E-state index in [4.69, 9.17) is 4.74 Å². The van der Waals surface area contributed by atoms with Crippen LogP contribution in [0.1, 0.15) is 55.5 Å². The molecule has 0 spiro atoms. The van der Waals surface area contributed by atoms with Crippen molar-refractivity contribution in [1.29, 1.82) is 0 Å². The third-order valence-corrected chi connectivity index (χ3v) is 8.47. The van der Waals surface area contributed by atoms with Gasteiger partial charge in [0.05, 0.1) is 18.1 Å². The molecule has 7 nitrogen and oxygen atoms in total. The van der Waals surface area contributed by atoms with Crippen molar-refractivity contribution >= 4 is 15.9 Å². The van der Waals surface area contributed by atoms with Gasteiger partial charge in [-0.05, 0) is 50.8 Å². The van der Waals surface area contributed by atoms with Gasteiger partial charge < -0.3 is 10.1 Å². The van der Waals surface area contributed by atoms with Gasteiger partial charge in [-0.2, -0.15) is 4.31 Å². The average Bonchev–Trinajstić information content (AvgIpc) is 2.78. The van der Waals surface area contributed by atoms with Gasteiger partial charge in [-0.3, -0.25) is 9.69 Å². The van der Waals surface area contributed by atoms with E-state index in [2.05, 4.69) is 24.1 Å². The molecule has 2 aliphatic heterocycles. The molecule has 0 aliphatic carbocycles. The number of piperidine rings is 1. The molecule has 2 heterocycles. The summed E-state index contributed by atoms with van der Waals surface area (Å²) in [5, 5.41) is 3.06. The molecule has 3 rings (SSSR count). The highest BCUT2D eigenvalue weighted by atomic mass is 32.2. The Kier molecular flexibility index (Phi) is 7.55. The van der Waals surface area contributed by atoms with Gasteiger partial charge in [-0.25, -0.2) is 8.42 Å². The molecule has 1 atom stereocenters. The minimum Gasteiger partial charge on any atom is -0.379 e. The smallest absolute Gasteiger partial charge is 0.251 e. The Morgan fingerprint density at radius 3 is 2.43 bits per heavy atom. The summed E-state index contributed by atoms with van der Waals surface area (Å²) in [6.45, 7) is 10.8. The standard InChI is InChI=1S/C22H35N3O4S/c1-4-22(3,24-12-14-29-15-13-24)17-23-21(26)20-16-19(9-8-18(20)2)30(27,28)25-10-6-5-7-11-25/h8-9,16H,4-7,10-15,17H2,1-3H3,(H,23,26). The van der Waals surface area contributed by atoms with Crippen LogP contribution in [-0.4, -0.2) is 75.0 Å².